The molecule has 0 unspecified atom stereocenters. The van der Waals surface area contributed by atoms with Crippen molar-refractivity contribution in [3.8, 4) is 28.6 Å². The molecule has 0 spiro atoms. The lowest BCUT2D eigenvalue weighted by atomic mass is 10.2. The van der Waals surface area contributed by atoms with E-state index in [1.165, 1.54) is 0 Å². The normalized spacial score (nSPS) is 10.2. The lowest BCUT2D eigenvalue weighted by Gasteiger charge is -2.12. The first-order valence-electron chi connectivity index (χ1n) is 8.37. The summed E-state index contributed by atoms with van der Waals surface area (Å²) in [4.78, 5) is 4.37. The lowest BCUT2D eigenvalue weighted by molar-refractivity contribution is 0.355. The number of rotatable bonds is 7. The average molecular weight is 400 g/mol. The molecule has 0 aliphatic rings. The van der Waals surface area contributed by atoms with E-state index >= 15 is 0 Å². The van der Waals surface area contributed by atoms with Crippen LogP contribution in [0.2, 0.25) is 0 Å². The second-order valence-electron chi connectivity index (χ2n) is 5.62. The van der Waals surface area contributed by atoms with Crippen LogP contribution in [-0.2, 0) is 6.54 Å². The Balaban J connectivity index is 1.58. The molecular formula is C19H20N4O4S. The SMILES string of the molecule is COc1cccc(-c2noc(CNC(=S)Nc3ccc(OC)c(OC)c3)n2)c1. The third-order valence-corrected chi connectivity index (χ3v) is 4.08. The fourth-order valence-corrected chi connectivity index (χ4v) is 2.64. The van der Waals surface area contributed by atoms with Crippen molar-refractivity contribution in [2.24, 2.45) is 0 Å². The van der Waals surface area contributed by atoms with E-state index in [4.69, 9.17) is 31.0 Å². The molecule has 0 saturated heterocycles. The molecule has 0 amide bonds. The Kier molecular flexibility index (Phi) is 6.28. The predicted molar refractivity (Wildman–Crippen MR) is 109 cm³/mol. The molecule has 3 rings (SSSR count). The van der Waals surface area contributed by atoms with E-state index in [0.29, 0.717) is 28.3 Å². The molecule has 0 aliphatic carbocycles. The van der Waals surface area contributed by atoms with E-state index in [2.05, 4.69) is 20.8 Å². The summed E-state index contributed by atoms with van der Waals surface area (Å²) in [6.45, 7) is 0.288. The highest BCUT2D eigenvalue weighted by Crippen LogP contribution is 2.29. The maximum atomic E-state index is 5.31. The maximum Gasteiger partial charge on any atom is 0.246 e. The summed E-state index contributed by atoms with van der Waals surface area (Å²) < 4.78 is 21.0. The van der Waals surface area contributed by atoms with Crippen molar-refractivity contribution < 1.29 is 18.7 Å². The molecule has 0 atom stereocenters. The van der Waals surface area contributed by atoms with Gasteiger partial charge in [0.1, 0.15) is 5.75 Å². The number of aromatic nitrogens is 2. The highest BCUT2D eigenvalue weighted by Gasteiger charge is 2.10. The molecule has 2 N–H and O–H groups in total. The minimum atomic E-state index is 0.288. The molecule has 9 heteroatoms. The summed E-state index contributed by atoms with van der Waals surface area (Å²) in [6, 6.07) is 12.9. The molecule has 3 aromatic rings. The third kappa shape index (κ3) is 4.68. The molecular weight excluding hydrogens is 380 g/mol. The van der Waals surface area contributed by atoms with Crippen LogP contribution in [0, 0.1) is 0 Å². The van der Waals surface area contributed by atoms with Crippen LogP contribution in [0.15, 0.2) is 47.0 Å². The second-order valence-corrected chi connectivity index (χ2v) is 6.03. The Morgan fingerprint density at radius 3 is 2.61 bits per heavy atom. The Bertz CT molecular complexity index is 961. The monoisotopic (exact) mass is 400 g/mol. The first-order valence-corrected chi connectivity index (χ1v) is 8.77. The van der Waals surface area contributed by atoms with Crippen molar-refractivity contribution in [3.63, 3.8) is 0 Å². The van der Waals surface area contributed by atoms with Crippen LogP contribution in [0.1, 0.15) is 5.89 Å². The van der Waals surface area contributed by atoms with E-state index in [-0.39, 0.29) is 6.54 Å². The van der Waals surface area contributed by atoms with E-state index in [1.54, 1.807) is 33.5 Å². The number of ether oxygens (including phenoxy) is 3. The Morgan fingerprint density at radius 2 is 1.86 bits per heavy atom. The van der Waals surface area contributed by atoms with Crippen LogP contribution in [0.3, 0.4) is 0 Å². The van der Waals surface area contributed by atoms with Crippen molar-refractivity contribution in [1.29, 1.82) is 0 Å². The van der Waals surface area contributed by atoms with Gasteiger partial charge in [-0.05, 0) is 36.5 Å². The van der Waals surface area contributed by atoms with Gasteiger partial charge in [0.05, 0.1) is 27.9 Å². The van der Waals surface area contributed by atoms with E-state index in [1.807, 2.05) is 30.3 Å². The second kappa shape index (κ2) is 9.05. The van der Waals surface area contributed by atoms with Crippen LogP contribution in [0.25, 0.3) is 11.4 Å². The molecule has 1 heterocycles. The zero-order valence-electron chi connectivity index (χ0n) is 15.7. The van der Waals surface area contributed by atoms with Crippen molar-refractivity contribution in [3.05, 3.63) is 48.4 Å². The van der Waals surface area contributed by atoms with Crippen molar-refractivity contribution >= 4 is 23.0 Å². The van der Waals surface area contributed by atoms with Gasteiger partial charge in [-0.3, -0.25) is 0 Å². The van der Waals surface area contributed by atoms with Crippen LogP contribution in [0.4, 0.5) is 5.69 Å². The van der Waals surface area contributed by atoms with E-state index in [9.17, 15) is 0 Å². The third-order valence-electron chi connectivity index (χ3n) is 3.84. The summed E-state index contributed by atoms with van der Waals surface area (Å²) in [5.74, 6) is 2.86. The van der Waals surface area contributed by atoms with Gasteiger partial charge in [0, 0.05) is 17.3 Å². The molecule has 0 radical (unpaired) electrons. The van der Waals surface area contributed by atoms with Gasteiger partial charge in [0.2, 0.25) is 11.7 Å². The first-order chi connectivity index (χ1) is 13.6. The smallest absolute Gasteiger partial charge is 0.246 e. The zero-order chi connectivity index (χ0) is 19.9. The number of benzene rings is 2. The van der Waals surface area contributed by atoms with E-state index in [0.717, 1.165) is 17.0 Å². The number of hydrogen-bond acceptors (Lipinski definition) is 7. The number of nitrogens with zero attached hydrogens (tertiary/aromatic N) is 2. The van der Waals surface area contributed by atoms with Gasteiger partial charge >= 0.3 is 0 Å². The number of thiocarbonyl (C=S) groups is 1. The number of hydrogen-bond donors (Lipinski definition) is 2. The zero-order valence-corrected chi connectivity index (χ0v) is 16.5. The summed E-state index contributed by atoms with van der Waals surface area (Å²) in [6.07, 6.45) is 0. The Morgan fingerprint density at radius 1 is 1.04 bits per heavy atom. The molecule has 28 heavy (non-hydrogen) atoms. The van der Waals surface area contributed by atoms with E-state index < -0.39 is 0 Å². The highest BCUT2D eigenvalue weighted by molar-refractivity contribution is 7.80. The van der Waals surface area contributed by atoms with Crippen molar-refractivity contribution in [1.82, 2.24) is 15.5 Å². The van der Waals surface area contributed by atoms with Gasteiger partial charge in [-0.15, -0.1) is 0 Å². The molecule has 0 saturated carbocycles. The minimum Gasteiger partial charge on any atom is -0.497 e. The lowest BCUT2D eigenvalue weighted by Crippen LogP contribution is -2.28. The standard InChI is InChI=1S/C19H20N4O4S/c1-24-14-6-4-5-12(9-14)18-22-17(27-23-18)11-20-19(28)21-13-7-8-15(25-2)16(10-13)26-3/h4-10H,11H2,1-3H3,(H2,20,21,28). The minimum absolute atomic E-state index is 0.288. The Hall–Kier alpha value is -3.33. The van der Waals surface area contributed by atoms with Crippen LogP contribution in [-0.4, -0.2) is 36.6 Å². The fraction of sp³-hybridized carbons (Fsp3) is 0.211. The summed E-state index contributed by atoms with van der Waals surface area (Å²) >= 11 is 5.31. The fourth-order valence-electron chi connectivity index (χ4n) is 2.45. The predicted octanol–water partition coefficient (Wildman–Crippen LogP) is 3.25. The number of anilines is 1. The molecule has 1 aromatic heterocycles. The van der Waals surface area contributed by atoms with Crippen LogP contribution < -0.4 is 24.8 Å². The Labute approximate surface area is 167 Å². The number of methoxy groups -OCH3 is 3. The topological polar surface area (TPSA) is 90.7 Å². The summed E-state index contributed by atoms with van der Waals surface area (Å²) in [5.41, 5.74) is 1.57. The largest absolute Gasteiger partial charge is 0.497 e. The first kappa shape index (κ1) is 19.4. The summed E-state index contributed by atoms with van der Waals surface area (Å²) in [7, 11) is 4.77. The van der Waals surface area contributed by atoms with Gasteiger partial charge in [0.25, 0.3) is 0 Å². The van der Waals surface area contributed by atoms with Gasteiger partial charge in [-0.2, -0.15) is 4.98 Å². The van der Waals surface area contributed by atoms with Gasteiger partial charge in [-0.1, -0.05) is 17.3 Å². The quantitative estimate of drug-likeness (QED) is 0.580. The highest BCUT2D eigenvalue weighted by atomic mass is 32.1. The van der Waals surface area contributed by atoms with Crippen LogP contribution >= 0.6 is 12.2 Å². The summed E-state index contributed by atoms with van der Waals surface area (Å²) in [5, 5.41) is 10.5. The molecule has 146 valence electrons. The molecule has 8 nitrogen and oxygen atoms in total. The molecule has 0 bridgehead atoms. The number of nitrogens with one attached hydrogen (secondary N) is 2. The van der Waals surface area contributed by atoms with Gasteiger partial charge in [-0.25, -0.2) is 0 Å². The average Bonchev–Trinajstić information content (AvgIpc) is 3.21. The van der Waals surface area contributed by atoms with Crippen molar-refractivity contribution in [2.45, 2.75) is 6.54 Å². The van der Waals surface area contributed by atoms with Gasteiger partial charge < -0.3 is 29.4 Å². The van der Waals surface area contributed by atoms with Crippen molar-refractivity contribution in [2.75, 3.05) is 26.6 Å². The van der Waals surface area contributed by atoms with Gasteiger partial charge in [0.15, 0.2) is 16.6 Å². The molecule has 0 aliphatic heterocycles. The maximum absolute atomic E-state index is 5.31. The molecule has 2 aromatic carbocycles. The molecule has 0 fully saturated rings. The van der Waals surface area contributed by atoms with Crippen LogP contribution in [0.5, 0.6) is 17.2 Å².